The zero-order valence-corrected chi connectivity index (χ0v) is 15.1. The summed E-state index contributed by atoms with van der Waals surface area (Å²) in [7, 11) is -3.46. The number of carbonyl (C=O) groups is 1. The number of nitrogens with one attached hydrogen (secondary N) is 1. The Morgan fingerprint density at radius 1 is 1.24 bits per heavy atom. The molecule has 2 saturated heterocycles. The average Bonchev–Trinajstić information content (AvgIpc) is 2.61. The molecule has 0 aliphatic carbocycles. The number of likely N-dealkylation sites (tertiary alicyclic amines) is 1. The Balaban J connectivity index is 1.87. The van der Waals surface area contributed by atoms with Gasteiger partial charge in [-0.2, -0.15) is 0 Å². The van der Waals surface area contributed by atoms with Crippen LogP contribution >= 0.6 is 0 Å². The molecular formula is C16H24N4O4S. The topological polar surface area (TPSA) is 112 Å². The first-order valence-corrected chi connectivity index (χ1v) is 10.5. The minimum absolute atomic E-state index is 0.0631. The van der Waals surface area contributed by atoms with Crippen molar-refractivity contribution in [3.05, 3.63) is 18.1 Å². The monoisotopic (exact) mass is 368 g/mol. The van der Waals surface area contributed by atoms with E-state index < -0.39 is 22.0 Å². The molecule has 25 heavy (non-hydrogen) atoms. The second kappa shape index (κ2) is 7.25. The third kappa shape index (κ3) is 4.09. The first-order valence-electron chi connectivity index (χ1n) is 8.58. The normalized spacial score (nSPS) is 25.7. The third-order valence-electron chi connectivity index (χ3n) is 5.32. The lowest BCUT2D eigenvalue weighted by atomic mass is 9.76. The van der Waals surface area contributed by atoms with Crippen LogP contribution in [-0.4, -0.2) is 60.4 Å². The van der Waals surface area contributed by atoms with E-state index in [-0.39, 0.29) is 5.03 Å². The molecule has 1 amide bonds. The van der Waals surface area contributed by atoms with Gasteiger partial charge in [0.05, 0.1) is 11.7 Å². The van der Waals surface area contributed by atoms with Crippen molar-refractivity contribution in [2.45, 2.75) is 36.8 Å². The predicted octanol–water partition coefficient (Wildman–Crippen LogP) is 1.31. The predicted molar refractivity (Wildman–Crippen MR) is 90.9 cm³/mol. The van der Waals surface area contributed by atoms with Gasteiger partial charge < -0.3 is 10.4 Å². The number of aromatic nitrogens is 2. The number of hydrogen-bond acceptors (Lipinski definition) is 6. The molecule has 2 aliphatic rings. The van der Waals surface area contributed by atoms with Crippen molar-refractivity contribution in [1.29, 1.82) is 0 Å². The lowest BCUT2D eigenvalue weighted by Gasteiger charge is -2.41. The van der Waals surface area contributed by atoms with Crippen molar-refractivity contribution >= 4 is 15.9 Å². The van der Waals surface area contributed by atoms with Crippen LogP contribution in [0.4, 0.5) is 4.79 Å². The highest BCUT2D eigenvalue weighted by Crippen LogP contribution is 2.39. The van der Waals surface area contributed by atoms with Crippen LogP contribution in [0.15, 0.2) is 17.4 Å². The largest absolute Gasteiger partial charge is 0.465 e. The summed E-state index contributed by atoms with van der Waals surface area (Å²) in [5.74, 6) is 1.01. The fourth-order valence-electron chi connectivity index (χ4n) is 3.98. The molecule has 0 aromatic carbocycles. The molecule has 138 valence electrons. The molecule has 2 N–H and O–H groups in total. The fraction of sp³-hybridized carbons (Fsp3) is 0.688. The summed E-state index contributed by atoms with van der Waals surface area (Å²) in [6, 6.07) is 0.996. The molecule has 3 heterocycles. The Labute approximate surface area is 147 Å². The van der Waals surface area contributed by atoms with Crippen molar-refractivity contribution < 1.29 is 18.3 Å². The molecule has 3 rings (SSSR count). The zero-order chi connectivity index (χ0) is 18.0. The average molecular weight is 368 g/mol. The molecule has 0 bridgehead atoms. The van der Waals surface area contributed by atoms with E-state index in [4.69, 9.17) is 0 Å². The van der Waals surface area contributed by atoms with E-state index in [9.17, 15) is 18.3 Å². The van der Waals surface area contributed by atoms with Crippen LogP contribution in [-0.2, 0) is 9.84 Å². The van der Waals surface area contributed by atoms with Gasteiger partial charge in [0.15, 0.2) is 14.9 Å². The molecule has 1 aromatic heterocycles. The SMILES string of the molecule is CS(=O)(=O)c1cc(C2CC(C3CCNCC3)CCN2C(=O)O)ncn1. The van der Waals surface area contributed by atoms with E-state index in [0.717, 1.165) is 38.6 Å². The van der Waals surface area contributed by atoms with Crippen LogP contribution in [0.25, 0.3) is 0 Å². The van der Waals surface area contributed by atoms with Gasteiger partial charge in [0, 0.05) is 12.8 Å². The number of rotatable bonds is 3. The highest BCUT2D eigenvalue weighted by molar-refractivity contribution is 7.90. The Morgan fingerprint density at radius 2 is 1.96 bits per heavy atom. The highest BCUT2D eigenvalue weighted by atomic mass is 32.2. The number of piperidine rings is 2. The number of amides is 1. The number of sulfone groups is 1. The molecule has 2 unspecified atom stereocenters. The Hall–Kier alpha value is -1.74. The highest BCUT2D eigenvalue weighted by Gasteiger charge is 2.37. The van der Waals surface area contributed by atoms with Crippen LogP contribution < -0.4 is 5.32 Å². The number of hydrogen-bond donors (Lipinski definition) is 2. The molecule has 1 aromatic rings. The number of carboxylic acid groups (broad SMARTS) is 1. The van der Waals surface area contributed by atoms with E-state index in [2.05, 4.69) is 15.3 Å². The summed E-state index contributed by atoms with van der Waals surface area (Å²) >= 11 is 0. The van der Waals surface area contributed by atoms with Gasteiger partial charge in [0.25, 0.3) is 0 Å². The van der Waals surface area contributed by atoms with Crippen molar-refractivity contribution in [3.8, 4) is 0 Å². The van der Waals surface area contributed by atoms with Crippen LogP contribution in [0.3, 0.4) is 0 Å². The van der Waals surface area contributed by atoms with Crippen molar-refractivity contribution in [3.63, 3.8) is 0 Å². The summed E-state index contributed by atoms with van der Waals surface area (Å²) in [4.78, 5) is 21.0. The van der Waals surface area contributed by atoms with Gasteiger partial charge in [-0.05, 0) is 56.7 Å². The van der Waals surface area contributed by atoms with Crippen LogP contribution in [0.5, 0.6) is 0 Å². The van der Waals surface area contributed by atoms with Crippen LogP contribution in [0, 0.1) is 11.8 Å². The summed E-state index contributed by atoms with van der Waals surface area (Å²) in [5, 5.41) is 12.8. The maximum absolute atomic E-state index is 11.8. The standard InChI is InChI=1S/C16H24N4O4S/c1-25(23,24)15-9-13(18-10-19-15)14-8-12(4-7-20(14)16(21)22)11-2-5-17-6-3-11/h9-12,14,17H,2-8H2,1H3,(H,21,22). The minimum Gasteiger partial charge on any atom is -0.465 e. The summed E-state index contributed by atoms with van der Waals surface area (Å²) in [6.45, 7) is 2.45. The van der Waals surface area contributed by atoms with E-state index >= 15 is 0 Å². The lowest BCUT2D eigenvalue weighted by Crippen LogP contribution is -2.43. The zero-order valence-electron chi connectivity index (χ0n) is 14.3. The van der Waals surface area contributed by atoms with Gasteiger partial charge in [-0.25, -0.2) is 23.2 Å². The van der Waals surface area contributed by atoms with Gasteiger partial charge in [-0.1, -0.05) is 0 Å². The molecule has 0 radical (unpaired) electrons. The van der Waals surface area contributed by atoms with Crippen molar-refractivity contribution in [2.24, 2.45) is 11.8 Å². The van der Waals surface area contributed by atoms with Gasteiger partial charge in [-0.3, -0.25) is 4.90 Å². The van der Waals surface area contributed by atoms with Gasteiger partial charge >= 0.3 is 6.09 Å². The number of nitrogens with zero attached hydrogens (tertiary/aromatic N) is 3. The second-order valence-corrected chi connectivity index (χ2v) is 8.88. The smallest absolute Gasteiger partial charge is 0.407 e. The van der Waals surface area contributed by atoms with Crippen LogP contribution in [0.1, 0.15) is 37.4 Å². The van der Waals surface area contributed by atoms with Gasteiger partial charge in [0.2, 0.25) is 0 Å². The van der Waals surface area contributed by atoms with Crippen molar-refractivity contribution in [1.82, 2.24) is 20.2 Å². The van der Waals surface area contributed by atoms with E-state index in [1.54, 1.807) is 0 Å². The maximum atomic E-state index is 11.8. The Kier molecular flexibility index (Phi) is 5.24. The van der Waals surface area contributed by atoms with E-state index in [1.807, 2.05) is 0 Å². The van der Waals surface area contributed by atoms with E-state index in [1.165, 1.54) is 17.3 Å². The molecule has 9 heteroatoms. The minimum atomic E-state index is -3.46. The summed E-state index contributed by atoms with van der Waals surface area (Å²) in [6.07, 6.45) is 5.03. The molecule has 0 spiro atoms. The first-order chi connectivity index (χ1) is 11.9. The summed E-state index contributed by atoms with van der Waals surface area (Å²) < 4.78 is 23.5. The maximum Gasteiger partial charge on any atom is 0.407 e. The first kappa shape index (κ1) is 18.1. The Bertz CT molecular complexity index is 733. The molecule has 2 atom stereocenters. The molecule has 0 saturated carbocycles. The quantitative estimate of drug-likeness (QED) is 0.774. The second-order valence-electron chi connectivity index (χ2n) is 6.92. The summed E-state index contributed by atoms with van der Waals surface area (Å²) in [5.41, 5.74) is 0.469. The van der Waals surface area contributed by atoms with Crippen molar-refractivity contribution in [2.75, 3.05) is 25.9 Å². The molecule has 8 nitrogen and oxygen atoms in total. The van der Waals surface area contributed by atoms with Gasteiger partial charge in [0.1, 0.15) is 6.33 Å². The fourth-order valence-corrected chi connectivity index (χ4v) is 4.56. The van der Waals surface area contributed by atoms with Gasteiger partial charge in [-0.15, -0.1) is 0 Å². The lowest BCUT2D eigenvalue weighted by molar-refractivity contribution is 0.0670. The van der Waals surface area contributed by atoms with Crippen LogP contribution in [0.2, 0.25) is 0 Å². The molecule has 2 fully saturated rings. The Morgan fingerprint density at radius 3 is 2.60 bits per heavy atom. The molecule has 2 aliphatic heterocycles. The third-order valence-corrected chi connectivity index (χ3v) is 6.31. The van der Waals surface area contributed by atoms with E-state index in [0.29, 0.717) is 30.5 Å². The molecular weight excluding hydrogens is 344 g/mol.